The Morgan fingerprint density at radius 2 is 1.97 bits per heavy atom. The second kappa shape index (κ2) is 8.51. The number of furan rings is 1. The van der Waals surface area contributed by atoms with Crippen molar-refractivity contribution < 1.29 is 28.9 Å². The summed E-state index contributed by atoms with van der Waals surface area (Å²) in [5.74, 6) is 0.733. The molecule has 5 atom stereocenters. The maximum atomic E-state index is 13.2. The van der Waals surface area contributed by atoms with E-state index in [9.17, 15) is 19.7 Å². The molecule has 0 radical (unpaired) electrons. The highest BCUT2D eigenvalue weighted by Crippen LogP contribution is 2.35. The van der Waals surface area contributed by atoms with Crippen LogP contribution in [0.1, 0.15) is 22.2 Å². The summed E-state index contributed by atoms with van der Waals surface area (Å²) in [6.07, 6.45) is -2.83. The third kappa shape index (κ3) is 4.09. The largest absolute Gasteiger partial charge is 0.463 e. The predicted octanol–water partition coefficient (Wildman–Crippen LogP) is 3.14. The molecule has 0 unspecified atom stereocenters. The van der Waals surface area contributed by atoms with Gasteiger partial charge in [-0.1, -0.05) is 23.7 Å². The fourth-order valence-electron chi connectivity index (χ4n) is 3.35. The van der Waals surface area contributed by atoms with Gasteiger partial charge in [-0.15, -0.1) is 11.3 Å². The van der Waals surface area contributed by atoms with Gasteiger partial charge in [-0.3, -0.25) is 0 Å². The zero-order chi connectivity index (χ0) is 20.5. The number of halogens is 2. The summed E-state index contributed by atoms with van der Waals surface area (Å²) >= 11 is 7.82. The van der Waals surface area contributed by atoms with Crippen LogP contribution < -0.4 is 0 Å². The van der Waals surface area contributed by atoms with Crippen molar-refractivity contribution in [1.29, 1.82) is 0 Å². The summed E-state index contributed by atoms with van der Waals surface area (Å²) in [7, 11) is 0. The van der Waals surface area contributed by atoms with Gasteiger partial charge in [0.2, 0.25) is 0 Å². The van der Waals surface area contributed by atoms with Crippen LogP contribution in [0.3, 0.4) is 0 Å². The lowest BCUT2D eigenvalue weighted by molar-refractivity contribution is -0.227. The lowest BCUT2D eigenvalue weighted by Crippen LogP contribution is -2.54. The zero-order valence-electron chi connectivity index (χ0n) is 15.1. The van der Waals surface area contributed by atoms with E-state index in [0.29, 0.717) is 17.0 Å². The molecule has 0 saturated carbocycles. The van der Waals surface area contributed by atoms with E-state index in [1.807, 2.05) is 6.07 Å². The van der Waals surface area contributed by atoms with Gasteiger partial charge in [-0.25, -0.2) is 9.37 Å². The lowest BCUT2D eigenvalue weighted by atomic mass is 9.90. The second-order valence-corrected chi connectivity index (χ2v) is 8.37. The molecule has 29 heavy (non-hydrogen) atoms. The van der Waals surface area contributed by atoms with Crippen LogP contribution >= 0.6 is 22.9 Å². The number of hydrogen-bond donors (Lipinski definition) is 3. The molecule has 1 aromatic carbocycles. The van der Waals surface area contributed by atoms with Crippen molar-refractivity contribution in [1.82, 2.24) is 4.98 Å². The average molecular weight is 440 g/mol. The highest BCUT2D eigenvalue weighted by Gasteiger charge is 2.44. The maximum absolute atomic E-state index is 13.2. The van der Waals surface area contributed by atoms with E-state index < -0.39 is 37.2 Å². The summed E-state index contributed by atoms with van der Waals surface area (Å²) < 4.78 is 24.0. The Morgan fingerprint density at radius 3 is 2.69 bits per heavy atom. The first-order chi connectivity index (χ1) is 14.0. The van der Waals surface area contributed by atoms with E-state index in [1.54, 1.807) is 36.7 Å². The highest BCUT2D eigenvalue weighted by atomic mass is 35.5. The molecule has 3 aromatic rings. The Kier molecular flexibility index (Phi) is 6.00. The van der Waals surface area contributed by atoms with Crippen LogP contribution in [0.25, 0.3) is 10.6 Å². The van der Waals surface area contributed by atoms with Crippen LogP contribution in [0, 0.1) is 0 Å². The SMILES string of the molecule is O[C@@H]1[C@@H](O)[C@H](c2ccc(Cl)c(Cc3ncc(-c4ccco4)s3)c2)O[C@H](CF)[C@H]1O. The second-order valence-electron chi connectivity index (χ2n) is 6.84. The van der Waals surface area contributed by atoms with Gasteiger partial charge >= 0.3 is 0 Å². The zero-order valence-corrected chi connectivity index (χ0v) is 16.7. The summed E-state index contributed by atoms with van der Waals surface area (Å²) in [6.45, 7) is -0.976. The first kappa shape index (κ1) is 20.5. The number of rotatable bonds is 5. The molecule has 1 aliphatic rings. The molecule has 1 aliphatic heterocycles. The molecule has 0 spiro atoms. The molecule has 6 nitrogen and oxygen atoms in total. The van der Waals surface area contributed by atoms with Gasteiger partial charge in [-0.2, -0.15) is 0 Å². The molecule has 1 saturated heterocycles. The monoisotopic (exact) mass is 439 g/mol. The molecule has 3 heterocycles. The van der Waals surface area contributed by atoms with Crippen molar-refractivity contribution in [3.05, 3.63) is 63.9 Å². The minimum absolute atomic E-state index is 0.443. The molecule has 0 aliphatic carbocycles. The van der Waals surface area contributed by atoms with Crippen LogP contribution in [-0.4, -0.2) is 51.4 Å². The Bertz CT molecular complexity index is 964. The van der Waals surface area contributed by atoms with Crippen LogP contribution in [0.15, 0.2) is 47.2 Å². The average Bonchev–Trinajstić information content (AvgIpc) is 3.40. The van der Waals surface area contributed by atoms with Crippen molar-refractivity contribution in [3.63, 3.8) is 0 Å². The van der Waals surface area contributed by atoms with Crippen LogP contribution in [0.2, 0.25) is 5.02 Å². The minimum Gasteiger partial charge on any atom is -0.463 e. The maximum Gasteiger partial charge on any atom is 0.145 e. The van der Waals surface area contributed by atoms with Crippen LogP contribution in [-0.2, 0) is 11.2 Å². The topological polar surface area (TPSA) is 96.0 Å². The van der Waals surface area contributed by atoms with E-state index in [1.165, 1.54) is 11.3 Å². The van der Waals surface area contributed by atoms with E-state index >= 15 is 0 Å². The molecular formula is C20H19ClFNO5S. The van der Waals surface area contributed by atoms with Gasteiger partial charge in [0.15, 0.2) is 0 Å². The number of aromatic nitrogens is 1. The lowest BCUT2D eigenvalue weighted by Gasteiger charge is -2.40. The van der Waals surface area contributed by atoms with E-state index in [-0.39, 0.29) is 0 Å². The summed E-state index contributed by atoms with van der Waals surface area (Å²) in [6, 6.07) is 8.71. The van der Waals surface area contributed by atoms with Crippen LogP contribution in [0.5, 0.6) is 0 Å². The number of thiazole rings is 1. The normalized spacial score (nSPS) is 27.3. The fourth-order valence-corrected chi connectivity index (χ4v) is 4.44. The number of nitrogens with zero attached hydrogens (tertiary/aromatic N) is 1. The van der Waals surface area contributed by atoms with E-state index in [4.69, 9.17) is 20.8 Å². The number of aliphatic hydroxyl groups excluding tert-OH is 3. The van der Waals surface area contributed by atoms with Crippen LogP contribution in [0.4, 0.5) is 4.39 Å². The molecular weight excluding hydrogens is 421 g/mol. The summed E-state index contributed by atoms with van der Waals surface area (Å²) in [4.78, 5) is 5.30. The van der Waals surface area contributed by atoms with Gasteiger partial charge in [0.1, 0.15) is 43.0 Å². The number of alkyl halides is 1. The van der Waals surface area contributed by atoms with Gasteiger partial charge < -0.3 is 24.5 Å². The minimum atomic E-state index is -1.51. The molecule has 2 aromatic heterocycles. The van der Waals surface area contributed by atoms with Crippen molar-refractivity contribution >= 4 is 22.9 Å². The molecule has 0 amide bonds. The number of aliphatic hydroxyl groups is 3. The van der Waals surface area contributed by atoms with Gasteiger partial charge in [0.25, 0.3) is 0 Å². The number of ether oxygens (including phenoxy) is 1. The third-order valence-electron chi connectivity index (χ3n) is 4.92. The van der Waals surface area contributed by atoms with Crippen molar-refractivity contribution in [2.75, 3.05) is 6.67 Å². The Morgan fingerprint density at radius 1 is 1.14 bits per heavy atom. The van der Waals surface area contributed by atoms with E-state index in [2.05, 4.69) is 4.98 Å². The van der Waals surface area contributed by atoms with E-state index in [0.717, 1.165) is 21.2 Å². The highest BCUT2D eigenvalue weighted by molar-refractivity contribution is 7.15. The molecule has 0 bridgehead atoms. The molecule has 9 heteroatoms. The first-order valence-electron chi connectivity index (χ1n) is 9.00. The van der Waals surface area contributed by atoms with Crippen molar-refractivity contribution in [2.24, 2.45) is 0 Å². The molecule has 1 fully saturated rings. The van der Waals surface area contributed by atoms with Crippen molar-refractivity contribution in [3.8, 4) is 10.6 Å². The van der Waals surface area contributed by atoms with Gasteiger partial charge in [0, 0.05) is 17.6 Å². The number of benzene rings is 1. The smallest absolute Gasteiger partial charge is 0.145 e. The third-order valence-corrected chi connectivity index (χ3v) is 6.30. The van der Waals surface area contributed by atoms with Crippen molar-refractivity contribution in [2.45, 2.75) is 36.9 Å². The first-order valence-corrected chi connectivity index (χ1v) is 10.2. The molecule has 154 valence electrons. The predicted molar refractivity (Wildman–Crippen MR) is 106 cm³/mol. The standard InChI is InChI=1S/C20H19ClFNO5S/c21-12-4-3-10(20-19(26)18(25)17(24)14(8-22)28-20)6-11(12)7-16-23-9-15(29-16)13-2-1-5-27-13/h1-6,9,14,17-20,24-26H,7-8H2/t14-,17-,18+,19-,20+/m1/s1. The van der Waals surface area contributed by atoms with Gasteiger partial charge in [-0.05, 0) is 29.3 Å². The number of hydrogen-bond acceptors (Lipinski definition) is 7. The molecule has 4 rings (SSSR count). The molecule has 3 N–H and O–H groups in total. The Labute approximate surface area is 175 Å². The summed E-state index contributed by atoms with van der Waals surface area (Å²) in [5.41, 5.74) is 1.28. The Hall–Kier alpha value is -1.81. The Balaban J connectivity index is 1.58. The quantitative estimate of drug-likeness (QED) is 0.565. The van der Waals surface area contributed by atoms with Gasteiger partial charge in [0.05, 0.1) is 16.1 Å². The summed E-state index contributed by atoms with van der Waals surface area (Å²) in [5, 5.41) is 31.5. The fraction of sp³-hybridized carbons (Fsp3) is 0.350.